The van der Waals surface area contributed by atoms with Crippen molar-refractivity contribution in [3.8, 4) is 0 Å². The van der Waals surface area contributed by atoms with Crippen LogP contribution >= 0.6 is 0 Å². The van der Waals surface area contributed by atoms with Gasteiger partial charge in [-0.05, 0) is 32.7 Å². The summed E-state index contributed by atoms with van der Waals surface area (Å²) in [5, 5.41) is 3.42. The molecule has 3 nitrogen and oxygen atoms in total. The first-order chi connectivity index (χ1) is 7.31. The molecule has 2 fully saturated rings. The lowest BCUT2D eigenvalue weighted by Crippen LogP contribution is -2.36. The third-order valence-corrected chi connectivity index (χ3v) is 3.55. The first-order valence-electron chi connectivity index (χ1n) is 6.29. The van der Waals surface area contributed by atoms with E-state index in [1.54, 1.807) is 0 Å². The number of hydrogen-bond donors (Lipinski definition) is 1. The van der Waals surface area contributed by atoms with Gasteiger partial charge < -0.3 is 14.8 Å². The molecule has 15 heavy (non-hydrogen) atoms. The van der Waals surface area contributed by atoms with Crippen molar-refractivity contribution in [2.45, 2.75) is 51.4 Å². The molecule has 0 amide bonds. The van der Waals surface area contributed by atoms with E-state index in [9.17, 15) is 0 Å². The van der Waals surface area contributed by atoms with Crippen LogP contribution in [-0.4, -0.2) is 38.0 Å². The van der Waals surface area contributed by atoms with E-state index in [0.717, 1.165) is 19.7 Å². The Bertz CT molecular complexity index is 198. The summed E-state index contributed by atoms with van der Waals surface area (Å²) in [6.07, 6.45) is 4.68. The molecule has 4 unspecified atom stereocenters. The highest BCUT2D eigenvalue weighted by Gasteiger charge is 2.38. The van der Waals surface area contributed by atoms with E-state index < -0.39 is 0 Å². The third kappa shape index (κ3) is 2.71. The summed E-state index contributed by atoms with van der Waals surface area (Å²) < 4.78 is 11.7. The molecule has 3 heteroatoms. The quantitative estimate of drug-likeness (QED) is 0.769. The van der Waals surface area contributed by atoms with Crippen LogP contribution in [0.3, 0.4) is 0 Å². The van der Waals surface area contributed by atoms with Crippen LogP contribution in [0.2, 0.25) is 0 Å². The Morgan fingerprint density at radius 2 is 2.13 bits per heavy atom. The number of rotatable bonds is 4. The Morgan fingerprint density at radius 3 is 2.80 bits per heavy atom. The standard InChI is InChI=1S/C12H23NO2/c1-3-13-8-10-6-7-14-12(10)11-5-4-9(2)15-11/h9-13H,3-8H2,1-2H3. The predicted octanol–water partition coefficient (Wildman–Crippen LogP) is 1.57. The smallest absolute Gasteiger partial charge is 0.0877 e. The molecule has 2 saturated heterocycles. The van der Waals surface area contributed by atoms with Crippen LogP contribution in [0.1, 0.15) is 33.1 Å². The fourth-order valence-electron chi connectivity index (χ4n) is 2.69. The molecule has 0 aromatic rings. The van der Waals surface area contributed by atoms with Crippen LogP contribution in [0, 0.1) is 5.92 Å². The monoisotopic (exact) mass is 213 g/mol. The van der Waals surface area contributed by atoms with E-state index in [2.05, 4.69) is 19.2 Å². The van der Waals surface area contributed by atoms with Crippen molar-refractivity contribution < 1.29 is 9.47 Å². The van der Waals surface area contributed by atoms with Crippen molar-refractivity contribution in [3.63, 3.8) is 0 Å². The highest BCUT2D eigenvalue weighted by Crippen LogP contribution is 2.31. The van der Waals surface area contributed by atoms with E-state index >= 15 is 0 Å². The number of nitrogens with one attached hydrogen (secondary N) is 1. The maximum Gasteiger partial charge on any atom is 0.0877 e. The van der Waals surface area contributed by atoms with Gasteiger partial charge in [-0.1, -0.05) is 6.92 Å². The Balaban J connectivity index is 1.84. The summed E-state index contributed by atoms with van der Waals surface area (Å²) in [4.78, 5) is 0. The predicted molar refractivity (Wildman–Crippen MR) is 60.0 cm³/mol. The van der Waals surface area contributed by atoms with Crippen LogP contribution in [0.5, 0.6) is 0 Å². The summed E-state index contributed by atoms with van der Waals surface area (Å²) in [5.41, 5.74) is 0. The molecule has 0 saturated carbocycles. The minimum atomic E-state index is 0.342. The van der Waals surface area contributed by atoms with E-state index in [1.807, 2.05) is 0 Å². The minimum Gasteiger partial charge on any atom is -0.375 e. The molecule has 88 valence electrons. The maximum atomic E-state index is 5.90. The van der Waals surface area contributed by atoms with Gasteiger partial charge in [0.2, 0.25) is 0 Å². The summed E-state index contributed by atoms with van der Waals surface area (Å²) >= 11 is 0. The lowest BCUT2D eigenvalue weighted by molar-refractivity contribution is -0.0530. The largest absolute Gasteiger partial charge is 0.375 e. The van der Waals surface area contributed by atoms with Crippen molar-refractivity contribution in [1.29, 1.82) is 0 Å². The Labute approximate surface area is 92.5 Å². The van der Waals surface area contributed by atoms with Crippen LogP contribution in [0.25, 0.3) is 0 Å². The third-order valence-electron chi connectivity index (χ3n) is 3.55. The average Bonchev–Trinajstić information content (AvgIpc) is 2.82. The van der Waals surface area contributed by atoms with Crippen LogP contribution in [0.4, 0.5) is 0 Å². The van der Waals surface area contributed by atoms with Crippen LogP contribution in [0.15, 0.2) is 0 Å². The van der Waals surface area contributed by atoms with Gasteiger partial charge >= 0.3 is 0 Å². The van der Waals surface area contributed by atoms with Crippen LogP contribution < -0.4 is 5.32 Å². The molecule has 0 aromatic carbocycles. The molecule has 0 radical (unpaired) electrons. The Kier molecular flexibility index (Phi) is 4.00. The van der Waals surface area contributed by atoms with Crippen molar-refractivity contribution in [1.82, 2.24) is 5.32 Å². The molecule has 2 aliphatic heterocycles. The summed E-state index contributed by atoms with van der Waals surface area (Å²) in [6, 6.07) is 0. The zero-order valence-corrected chi connectivity index (χ0v) is 9.87. The average molecular weight is 213 g/mol. The van der Waals surface area contributed by atoms with Gasteiger partial charge in [0.15, 0.2) is 0 Å². The molecule has 0 spiro atoms. The van der Waals surface area contributed by atoms with Gasteiger partial charge in [0.05, 0.1) is 18.3 Å². The van der Waals surface area contributed by atoms with Crippen molar-refractivity contribution in [2.24, 2.45) is 5.92 Å². The van der Waals surface area contributed by atoms with Gasteiger partial charge in [-0.2, -0.15) is 0 Å². The zero-order valence-electron chi connectivity index (χ0n) is 9.87. The molecule has 2 aliphatic rings. The van der Waals surface area contributed by atoms with Gasteiger partial charge in [0, 0.05) is 19.1 Å². The van der Waals surface area contributed by atoms with Crippen molar-refractivity contribution >= 4 is 0 Å². The van der Waals surface area contributed by atoms with Gasteiger partial charge in [-0.25, -0.2) is 0 Å². The second-order valence-electron chi connectivity index (χ2n) is 4.75. The molecule has 0 bridgehead atoms. The van der Waals surface area contributed by atoms with Gasteiger partial charge in [-0.15, -0.1) is 0 Å². The summed E-state index contributed by atoms with van der Waals surface area (Å²) in [7, 11) is 0. The second-order valence-corrected chi connectivity index (χ2v) is 4.75. The fraction of sp³-hybridized carbons (Fsp3) is 1.00. The lowest BCUT2D eigenvalue weighted by Gasteiger charge is -2.24. The van der Waals surface area contributed by atoms with Crippen molar-refractivity contribution in [3.05, 3.63) is 0 Å². The number of hydrogen-bond acceptors (Lipinski definition) is 3. The van der Waals surface area contributed by atoms with E-state index in [-0.39, 0.29) is 0 Å². The fourth-order valence-corrected chi connectivity index (χ4v) is 2.69. The zero-order chi connectivity index (χ0) is 10.7. The summed E-state index contributed by atoms with van der Waals surface area (Å²) in [5.74, 6) is 0.653. The molecular formula is C12H23NO2. The molecular weight excluding hydrogens is 190 g/mol. The highest BCUT2D eigenvalue weighted by atomic mass is 16.6. The Morgan fingerprint density at radius 1 is 1.27 bits per heavy atom. The maximum absolute atomic E-state index is 5.90. The number of ether oxygens (including phenoxy) is 2. The van der Waals surface area contributed by atoms with Crippen LogP contribution in [-0.2, 0) is 9.47 Å². The van der Waals surface area contributed by atoms with E-state index in [4.69, 9.17) is 9.47 Å². The first kappa shape index (κ1) is 11.4. The highest BCUT2D eigenvalue weighted by molar-refractivity contribution is 4.87. The second kappa shape index (κ2) is 5.28. The molecule has 0 aliphatic carbocycles. The van der Waals surface area contributed by atoms with E-state index in [1.165, 1.54) is 19.3 Å². The summed E-state index contributed by atoms with van der Waals surface area (Å²) in [6.45, 7) is 7.35. The SMILES string of the molecule is CCNCC1CCOC1C1CCC(C)O1. The Hall–Kier alpha value is -0.120. The van der Waals surface area contributed by atoms with Gasteiger partial charge in [-0.3, -0.25) is 0 Å². The molecule has 2 heterocycles. The molecule has 2 rings (SSSR count). The molecule has 0 aromatic heterocycles. The minimum absolute atomic E-state index is 0.342. The lowest BCUT2D eigenvalue weighted by atomic mass is 9.95. The van der Waals surface area contributed by atoms with Gasteiger partial charge in [0.25, 0.3) is 0 Å². The normalized spacial score (nSPS) is 41.2. The van der Waals surface area contributed by atoms with Crippen molar-refractivity contribution in [2.75, 3.05) is 19.7 Å². The van der Waals surface area contributed by atoms with E-state index in [0.29, 0.717) is 24.2 Å². The molecule has 1 N–H and O–H groups in total. The topological polar surface area (TPSA) is 30.5 Å². The van der Waals surface area contributed by atoms with Gasteiger partial charge in [0.1, 0.15) is 0 Å². The molecule has 4 atom stereocenters. The first-order valence-corrected chi connectivity index (χ1v) is 6.29.